The number of carbonyl (C=O) groups is 1. The Balaban J connectivity index is 1.21. The summed E-state index contributed by atoms with van der Waals surface area (Å²) in [5.74, 6) is 2.22. The molecule has 0 atom stereocenters. The van der Waals surface area contributed by atoms with Crippen molar-refractivity contribution in [1.82, 2.24) is 15.5 Å². The summed E-state index contributed by atoms with van der Waals surface area (Å²) in [5, 5.41) is 11.4. The largest absolute Gasteiger partial charge is 0.482 e. The fraction of sp³-hybridized carbons (Fsp3) is 0.211. The number of nitrogens with zero attached hydrogens (tertiary/aromatic N) is 2. The minimum absolute atomic E-state index is 0.0909. The first-order valence-corrected chi connectivity index (χ1v) is 10.0. The van der Waals surface area contributed by atoms with Gasteiger partial charge in [-0.2, -0.15) is 0 Å². The molecule has 0 unspecified atom stereocenters. The SMILES string of the molecule is O=C(CSc1nnc(COc2ccccc2Cl)o1)NCc1ccc2c(c1)OCO2. The van der Waals surface area contributed by atoms with Crippen molar-refractivity contribution in [2.75, 3.05) is 12.5 Å². The molecule has 4 rings (SSSR count). The third-order valence-corrected chi connectivity index (χ3v) is 5.02. The molecule has 1 N–H and O–H groups in total. The van der Waals surface area contributed by atoms with Crippen molar-refractivity contribution < 1.29 is 23.4 Å². The smallest absolute Gasteiger partial charge is 0.277 e. The highest BCUT2D eigenvalue weighted by molar-refractivity contribution is 7.99. The minimum atomic E-state index is -0.153. The van der Waals surface area contributed by atoms with Gasteiger partial charge in [-0.25, -0.2) is 0 Å². The maximum absolute atomic E-state index is 12.1. The lowest BCUT2D eigenvalue weighted by Gasteiger charge is -2.05. The number of thioether (sulfide) groups is 1. The molecule has 0 saturated heterocycles. The molecule has 1 aromatic heterocycles. The number of fused-ring (bicyclic) bond motifs is 1. The van der Waals surface area contributed by atoms with Crippen molar-refractivity contribution in [3.8, 4) is 17.2 Å². The van der Waals surface area contributed by atoms with Gasteiger partial charge in [0.1, 0.15) is 5.75 Å². The Labute approximate surface area is 175 Å². The van der Waals surface area contributed by atoms with Gasteiger partial charge in [0.25, 0.3) is 11.1 Å². The summed E-state index contributed by atoms with van der Waals surface area (Å²) in [5.41, 5.74) is 0.921. The van der Waals surface area contributed by atoms with Crippen LogP contribution in [0.2, 0.25) is 5.02 Å². The Morgan fingerprint density at radius 2 is 2.03 bits per heavy atom. The summed E-state index contributed by atoms with van der Waals surface area (Å²) in [6, 6.07) is 12.7. The molecule has 0 saturated carbocycles. The molecule has 1 aliphatic rings. The van der Waals surface area contributed by atoms with Crippen LogP contribution >= 0.6 is 23.4 Å². The number of halogens is 1. The van der Waals surface area contributed by atoms with Crippen LogP contribution < -0.4 is 19.5 Å². The Kier molecular flexibility index (Phi) is 6.06. The van der Waals surface area contributed by atoms with E-state index in [4.69, 9.17) is 30.2 Å². The van der Waals surface area contributed by atoms with Gasteiger partial charge in [-0.1, -0.05) is 41.6 Å². The third-order valence-electron chi connectivity index (χ3n) is 3.89. The number of rotatable bonds is 8. The van der Waals surface area contributed by atoms with E-state index in [1.807, 2.05) is 30.3 Å². The molecule has 2 aromatic carbocycles. The Morgan fingerprint density at radius 3 is 2.93 bits per heavy atom. The number of aromatic nitrogens is 2. The van der Waals surface area contributed by atoms with Crippen LogP contribution in [-0.2, 0) is 17.9 Å². The fourth-order valence-corrected chi connectivity index (χ4v) is 3.29. The number of hydrogen-bond acceptors (Lipinski definition) is 8. The summed E-state index contributed by atoms with van der Waals surface area (Å²) in [7, 11) is 0. The van der Waals surface area contributed by atoms with Crippen LogP contribution in [0.15, 0.2) is 52.1 Å². The fourth-order valence-electron chi connectivity index (χ4n) is 2.49. The van der Waals surface area contributed by atoms with Crippen LogP contribution in [0.25, 0.3) is 0 Å². The van der Waals surface area contributed by atoms with E-state index in [2.05, 4.69) is 15.5 Å². The quantitative estimate of drug-likeness (QED) is 0.540. The van der Waals surface area contributed by atoms with Gasteiger partial charge in [0.05, 0.1) is 10.8 Å². The van der Waals surface area contributed by atoms with Gasteiger partial charge in [0.15, 0.2) is 18.1 Å². The Morgan fingerprint density at radius 1 is 1.17 bits per heavy atom. The van der Waals surface area contributed by atoms with Crippen molar-refractivity contribution in [2.24, 2.45) is 0 Å². The van der Waals surface area contributed by atoms with E-state index in [0.29, 0.717) is 39.9 Å². The Hall–Kier alpha value is -2.91. The molecular formula is C19H16ClN3O5S. The lowest BCUT2D eigenvalue weighted by Crippen LogP contribution is -2.24. The molecule has 0 aliphatic carbocycles. The molecule has 3 aromatic rings. The standard InChI is InChI=1S/C19H16ClN3O5S/c20-13-3-1-2-4-14(13)25-9-18-22-23-19(28-18)29-10-17(24)21-8-12-5-6-15-16(7-12)27-11-26-15/h1-7H,8-11H2,(H,21,24). The van der Waals surface area contributed by atoms with Crippen molar-refractivity contribution in [3.05, 3.63) is 58.9 Å². The molecule has 150 valence electrons. The van der Waals surface area contributed by atoms with Crippen LogP contribution in [0.3, 0.4) is 0 Å². The summed E-state index contributed by atoms with van der Waals surface area (Å²) in [4.78, 5) is 12.1. The molecule has 0 spiro atoms. The summed E-state index contributed by atoms with van der Waals surface area (Å²) >= 11 is 7.18. The van der Waals surface area contributed by atoms with Gasteiger partial charge in [-0.05, 0) is 29.8 Å². The zero-order valence-corrected chi connectivity index (χ0v) is 16.7. The average molecular weight is 434 g/mol. The second kappa shape index (κ2) is 9.06. The molecular weight excluding hydrogens is 418 g/mol. The van der Waals surface area contributed by atoms with Gasteiger partial charge in [-0.15, -0.1) is 10.2 Å². The van der Waals surface area contributed by atoms with Crippen LogP contribution in [0.5, 0.6) is 17.2 Å². The topological polar surface area (TPSA) is 95.7 Å². The molecule has 29 heavy (non-hydrogen) atoms. The maximum Gasteiger partial charge on any atom is 0.277 e. The number of amides is 1. The number of nitrogens with one attached hydrogen (secondary N) is 1. The van der Waals surface area contributed by atoms with Crippen molar-refractivity contribution in [2.45, 2.75) is 18.4 Å². The summed E-state index contributed by atoms with van der Waals surface area (Å²) < 4.78 is 21.6. The van der Waals surface area contributed by atoms with Gasteiger partial charge < -0.3 is 23.9 Å². The van der Waals surface area contributed by atoms with Crippen LogP contribution in [0.1, 0.15) is 11.5 Å². The predicted octanol–water partition coefficient (Wildman–Crippen LogP) is 3.44. The van der Waals surface area contributed by atoms with E-state index in [-0.39, 0.29) is 25.1 Å². The van der Waals surface area contributed by atoms with Gasteiger partial charge >= 0.3 is 0 Å². The van der Waals surface area contributed by atoms with E-state index in [1.165, 1.54) is 0 Å². The second-order valence-corrected chi connectivity index (χ2v) is 7.27. The van der Waals surface area contributed by atoms with Crippen molar-refractivity contribution >= 4 is 29.3 Å². The third kappa shape index (κ3) is 5.12. The van der Waals surface area contributed by atoms with E-state index in [9.17, 15) is 4.79 Å². The second-order valence-electron chi connectivity index (χ2n) is 5.93. The molecule has 1 amide bonds. The van der Waals surface area contributed by atoms with Crippen molar-refractivity contribution in [1.29, 1.82) is 0 Å². The predicted molar refractivity (Wildman–Crippen MR) is 105 cm³/mol. The first-order chi connectivity index (χ1) is 14.2. The van der Waals surface area contributed by atoms with E-state index in [0.717, 1.165) is 17.3 Å². The number of hydrogen-bond donors (Lipinski definition) is 1. The molecule has 0 radical (unpaired) electrons. The van der Waals surface area contributed by atoms with E-state index in [1.54, 1.807) is 12.1 Å². The molecule has 0 fully saturated rings. The van der Waals surface area contributed by atoms with Crippen molar-refractivity contribution in [3.63, 3.8) is 0 Å². The zero-order valence-electron chi connectivity index (χ0n) is 15.1. The van der Waals surface area contributed by atoms with Gasteiger partial charge in [0.2, 0.25) is 12.7 Å². The number of para-hydroxylation sites is 1. The number of benzene rings is 2. The van der Waals surface area contributed by atoms with Gasteiger partial charge in [0, 0.05) is 6.54 Å². The number of carbonyl (C=O) groups excluding carboxylic acids is 1. The molecule has 2 heterocycles. The monoisotopic (exact) mass is 433 g/mol. The Bertz CT molecular complexity index is 1010. The van der Waals surface area contributed by atoms with Crippen LogP contribution in [-0.4, -0.2) is 28.7 Å². The molecule has 0 bridgehead atoms. The zero-order chi connectivity index (χ0) is 20.1. The molecule has 10 heteroatoms. The lowest BCUT2D eigenvalue weighted by atomic mass is 10.2. The molecule has 1 aliphatic heterocycles. The lowest BCUT2D eigenvalue weighted by molar-refractivity contribution is -0.118. The summed E-state index contributed by atoms with van der Waals surface area (Å²) in [6.45, 7) is 0.696. The first kappa shape index (κ1) is 19.4. The highest BCUT2D eigenvalue weighted by Gasteiger charge is 2.14. The maximum atomic E-state index is 12.1. The van der Waals surface area contributed by atoms with E-state index < -0.39 is 0 Å². The highest BCUT2D eigenvalue weighted by atomic mass is 35.5. The van der Waals surface area contributed by atoms with Crippen LogP contribution in [0.4, 0.5) is 0 Å². The summed E-state index contributed by atoms with van der Waals surface area (Å²) in [6.07, 6.45) is 0. The highest BCUT2D eigenvalue weighted by Crippen LogP contribution is 2.32. The minimum Gasteiger partial charge on any atom is -0.482 e. The number of ether oxygens (including phenoxy) is 3. The molecule has 8 nitrogen and oxygen atoms in total. The normalized spacial score (nSPS) is 12.0. The van der Waals surface area contributed by atoms with Gasteiger partial charge in [-0.3, -0.25) is 4.79 Å². The van der Waals surface area contributed by atoms with Crippen LogP contribution in [0, 0.1) is 0 Å². The van der Waals surface area contributed by atoms with E-state index >= 15 is 0 Å². The first-order valence-electron chi connectivity index (χ1n) is 8.65. The average Bonchev–Trinajstić information content (AvgIpc) is 3.39.